The molecule has 0 aromatic heterocycles. The van der Waals surface area contributed by atoms with Crippen molar-refractivity contribution >= 4 is 0 Å². The summed E-state index contributed by atoms with van der Waals surface area (Å²) >= 11 is 0. The van der Waals surface area contributed by atoms with E-state index >= 15 is 0 Å². The molecule has 0 heterocycles. The molecule has 2 heteroatoms. The van der Waals surface area contributed by atoms with Crippen LogP contribution in [0.2, 0.25) is 0 Å². The van der Waals surface area contributed by atoms with Crippen molar-refractivity contribution in [1.82, 2.24) is 5.32 Å². The van der Waals surface area contributed by atoms with Crippen molar-refractivity contribution < 1.29 is 0 Å². The maximum Gasteiger partial charge on any atom is 0.0226 e. The first kappa shape index (κ1) is 10.4. The lowest BCUT2D eigenvalue weighted by atomic mass is 10.0. The van der Waals surface area contributed by atoms with E-state index in [1.54, 1.807) is 0 Å². The second-order valence-corrected chi connectivity index (χ2v) is 2.71. The Morgan fingerprint density at radius 2 is 2.18 bits per heavy atom. The summed E-state index contributed by atoms with van der Waals surface area (Å²) < 4.78 is 0. The van der Waals surface area contributed by atoms with Crippen molar-refractivity contribution in [2.24, 2.45) is 11.7 Å². The summed E-state index contributed by atoms with van der Waals surface area (Å²) in [5, 5.41) is 3.16. The second-order valence-electron chi connectivity index (χ2n) is 2.71. The number of nitrogens with one attached hydrogen (secondary N) is 1. The molecule has 2 unspecified atom stereocenters. The molecule has 11 heavy (non-hydrogen) atoms. The molecule has 0 saturated heterocycles. The Bertz CT molecular complexity index is 121. The number of hydrogen-bond donors (Lipinski definition) is 2. The largest absolute Gasteiger partial charge is 0.326 e. The van der Waals surface area contributed by atoms with Crippen molar-refractivity contribution in [3.63, 3.8) is 0 Å². The van der Waals surface area contributed by atoms with Gasteiger partial charge in [-0.25, -0.2) is 0 Å². The highest BCUT2D eigenvalue weighted by Crippen LogP contribution is 1.99. The van der Waals surface area contributed by atoms with Gasteiger partial charge in [0.15, 0.2) is 0 Å². The predicted octanol–water partition coefficient (Wildman–Crippen LogP) is 0.911. The molecule has 0 aromatic rings. The molecule has 0 spiro atoms. The Hall–Kier alpha value is -0.600. The first-order valence-corrected chi connectivity index (χ1v) is 3.92. The fourth-order valence-electron chi connectivity index (χ4n) is 0.713. The molecule has 0 aromatic carbocycles. The van der Waals surface area contributed by atoms with Crippen molar-refractivity contribution in [2.45, 2.75) is 13.0 Å². The van der Waals surface area contributed by atoms with Crippen LogP contribution in [-0.4, -0.2) is 19.1 Å². The van der Waals surface area contributed by atoms with Crippen LogP contribution in [0.25, 0.3) is 0 Å². The van der Waals surface area contributed by atoms with Gasteiger partial charge >= 0.3 is 0 Å². The van der Waals surface area contributed by atoms with Crippen LogP contribution in [-0.2, 0) is 0 Å². The summed E-state index contributed by atoms with van der Waals surface area (Å²) in [6, 6.07) is 0.160. The number of rotatable bonds is 6. The first-order chi connectivity index (χ1) is 5.22. The molecule has 0 amide bonds. The van der Waals surface area contributed by atoms with Gasteiger partial charge in [-0.15, -0.1) is 13.2 Å². The topological polar surface area (TPSA) is 38.0 Å². The lowest BCUT2D eigenvalue weighted by molar-refractivity contribution is 0.505. The third-order valence-electron chi connectivity index (χ3n) is 1.72. The summed E-state index contributed by atoms with van der Waals surface area (Å²) in [7, 11) is 0. The van der Waals surface area contributed by atoms with Crippen LogP contribution in [0.5, 0.6) is 0 Å². The minimum Gasteiger partial charge on any atom is -0.326 e. The van der Waals surface area contributed by atoms with Crippen LogP contribution in [0.3, 0.4) is 0 Å². The van der Waals surface area contributed by atoms with E-state index in [9.17, 15) is 0 Å². The van der Waals surface area contributed by atoms with E-state index in [-0.39, 0.29) is 6.04 Å². The fourth-order valence-corrected chi connectivity index (χ4v) is 0.713. The molecule has 0 aliphatic rings. The molecule has 0 fully saturated rings. The summed E-state index contributed by atoms with van der Waals surface area (Å²) in [6.45, 7) is 11.0. The summed E-state index contributed by atoms with van der Waals surface area (Å²) in [6.07, 6.45) is 3.70. The zero-order valence-electron chi connectivity index (χ0n) is 7.22. The molecule has 2 atom stereocenters. The Balaban J connectivity index is 3.42. The second kappa shape index (κ2) is 6.13. The van der Waals surface area contributed by atoms with Crippen molar-refractivity contribution in [1.29, 1.82) is 0 Å². The highest BCUT2D eigenvalue weighted by molar-refractivity contribution is 4.85. The monoisotopic (exact) mass is 154 g/mol. The molecule has 0 bridgehead atoms. The maximum atomic E-state index is 5.80. The SMILES string of the molecule is C=CCNCC(N)C(C)C=C. The van der Waals surface area contributed by atoms with Crippen LogP contribution in [0.15, 0.2) is 25.3 Å². The predicted molar refractivity (Wildman–Crippen MR) is 50.4 cm³/mol. The Morgan fingerprint density at radius 3 is 2.64 bits per heavy atom. The quantitative estimate of drug-likeness (QED) is 0.441. The van der Waals surface area contributed by atoms with Crippen LogP contribution in [0.1, 0.15) is 6.92 Å². The van der Waals surface area contributed by atoms with Crippen LogP contribution in [0.4, 0.5) is 0 Å². The van der Waals surface area contributed by atoms with Gasteiger partial charge in [-0.2, -0.15) is 0 Å². The fraction of sp³-hybridized carbons (Fsp3) is 0.556. The van der Waals surface area contributed by atoms with Crippen LogP contribution in [0, 0.1) is 5.92 Å². The molecule has 3 N–H and O–H groups in total. The average molecular weight is 154 g/mol. The average Bonchev–Trinajstić information content (AvgIpc) is 2.03. The molecule has 2 nitrogen and oxygen atoms in total. The minimum atomic E-state index is 0.160. The first-order valence-electron chi connectivity index (χ1n) is 3.92. The minimum absolute atomic E-state index is 0.160. The lowest BCUT2D eigenvalue weighted by Crippen LogP contribution is -2.38. The lowest BCUT2D eigenvalue weighted by Gasteiger charge is -2.15. The van der Waals surface area contributed by atoms with E-state index in [0.717, 1.165) is 13.1 Å². The Morgan fingerprint density at radius 1 is 1.55 bits per heavy atom. The van der Waals surface area contributed by atoms with Crippen LogP contribution < -0.4 is 11.1 Å². The normalized spacial score (nSPS) is 15.5. The standard InChI is InChI=1S/C9H18N2/c1-4-6-11-7-9(10)8(3)5-2/h4-5,8-9,11H,1-2,6-7,10H2,3H3. The zero-order valence-corrected chi connectivity index (χ0v) is 7.22. The Kier molecular flexibility index (Phi) is 5.80. The zero-order chi connectivity index (χ0) is 8.69. The molecule has 0 aliphatic carbocycles. The van der Waals surface area contributed by atoms with Gasteiger partial charge in [-0.05, 0) is 5.92 Å². The van der Waals surface area contributed by atoms with E-state index < -0.39 is 0 Å². The highest BCUT2D eigenvalue weighted by Gasteiger charge is 2.06. The number of hydrogen-bond acceptors (Lipinski definition) is 2. The molecule has 0 aliphatic heterocycles. The van der Waals surface area contributed by atoms with E-state index in [0.29, 0.717) is 5.92 Å². The van der Waals surface area contributed by atoms with Gasteiger partial charge in [0, 0.05) is 19.1 Å². The van der Waals surface area contributed by atoms with Gasteiger partial charge in [0.2, 0.25) is 0 Å². The van der Waals surface area contributed by atoms with Gasteiger partial charge in [-0.1, -0.05) is 19.1 Å². The highest BCUT2D eigenvalue weighted by atomic mass is 14.9. The van der Waals surface area contributed by atoms with E-state index in [1.807, 2.05) is 12.2 Å². The van der Waals surface area contributed by atoms with E-state index in [2.05, 4.69) is 25.4 Å². The third-order valence-corrected chi connectivity index (χ3v) is 1.72. The third kappa shape index (κ3) is 4.76. The van der Waals surface area contributed by atoms with Crippen molar-refractivity contribution in [2.75, 3.05) is 13.1 Å². The van der Waals surface area contributed by atoms with Crippen molar-refractivity contribution in [3.05, 3.63) is 25.3 Å². The van der Waals surface area contributed by atoms with Gasteiger partial charge in [0.25, 0.3) is 0 Å². The van der Waals surface area contributed by atoms with Gasteiger partial charge < -0.3 is 11.1 Å². The summed E-state index contributed by atoms with van der Waals surface area (Å²) in [5.41, 5.74) is 5.80. The molecule has 64 valence electrons. The number of nitrogens with two attached hydrogens (primary N) is 1. The molecule has 0 rings (SSSR count). The summed E-state index contributed by atoms with van der Waals surface area (Å²) in [4.78, 5) is 0. The van der Waals surface area contributed by atoms with Gasteiger partial charge in [0.05, 0.1) is 0 Å². The molecule has 0 radical (unpaired) electrons. The van der Waals surface area contributed by atoms with Crippen molar-refractivity contribution in [3.8, 4) is 0 Å². The van der Waals surface area contributed by atoms with E-state index in [4.69, 9.17) is 5.73 Å². The van der Waals surface area contributed by atoms with E-state index in [1.165, 1.54) is 0 Å². The van der Waals surface area contributed by atoms with Crippen LogP contribution >= 0.6 is 0 Å². The Labute approximate surface area is 69.2 Å². The van der Waals surface area contributed by atoms with Gasteiger partial charge in [-0.3, -0.25) is 0 Å². The molecular weight excluding hydrogens is 136 g/mol. The van der Waals surface area contributed by atoms with Gasteiger partial charge in [0.1, 0.15) is 0 Å². The molecule has 0 saturated carbocycles. The maximum absolute atomic E-state index is 5.80. The summed E-state index contributed by atoms with van der Waals surface area (Å²) in [5.74, 6) is 0.368. The smallest absolute Gasteiger partial charge is 0.0226 e. The molecular formula is C9H18N2.